The Bertz CT molecular complexity index is 350. The maximum atomic E-state index is 10.2. The molecule has 0 amide bonds. The van der Waals surface area contributed by atoms with Gasteiger partial charge in [-0.3, -0.25) is 9.11 Å². The maximum Gasteiger partial charge on any atom is 0.0754 e. The fraction of sp³-hybridized carbons (Fsp3) is 0.400. The lowest BCUT2D eigenvalue weighted by atomic mass is 10.3. The molecule has 5 nitrogen and oxygen atoms in total. The van der Waals surface area contributed by atoms with E-state index >= 15 is 0 Å². The van der Waals surface area contributed by atoms with Crippen molar-refractivity contribution in [3.05, 3.63) is 24.3 Å². The molecule has 1 aliphatic heterocycles. The number of hydrogen-bond donors (Lipinski definition) is 3. The minimum Gasteiger partial charge on any atom is -0.399 e. The van der Waals surface area contributed by atoms with Gasteiger partial charge in [-0.25, -0.2) is 0 Å². The average Bonchev–Trinajstić information content (AvgIpc) is 2.31. The third kappa shape index (κ3) is 2.31. The van der Waals surface area contributed by atoms with Gasteiger partial charge in [-0.2, -0.15) is 4.31 Å². The number of rotatable bonds is 2. The maximum absolute atomic E-state index is 10.2. The van der Waals surface area contributed by atoms with Crippen molar-refractivity contribution in [2.75, 3.05) is 32.0 Å². The Kier molecular flexibility index (Phi) is 3.36. The Balaban J connectivity index is 2.19. The third-order valence-electron chi connectivity index (χ3n) is 2.53. The Labute approximate surface area is 96.3 Å². The van der Waals surface area contributed by atoms with Crippen molar-refractivity contribution in [3.63, 3.8) is 0 Å². The molecule has 1 fully saturated rings. The highest BCUT2D eigenvalue weighted by Gasteiger charge is 2.26. The molecular weight excluding hydrogens is 228 g/mol. The van der Waals surface area contributed by atoms with Gasteiger partial charge in [0, 0.05) is 18.8 Å². The van der Waals surface area contributed by atoms with Crippen molar-refractivity contribution in [2.24, 2.45) is 0 Å². The number of hydrogen-bond acceptors (Lipinski definition) is 5. The van der Waals surface area contributed by atoms with Gasteiger partial charge in [0.25, 0.3) is 0 Å². The summed E-state index contributed by atoms with van der Waals surface area (Å²) >= 11 is 0. The SMILES string of the molecule is Nc1ccc(S(O)(O)N2CCOCC2)cc1. The van der Waals surface area contributed by atoms with E-state index in [0.717, 1.165) is 0 Å². The van der Waals surface area contributed by atoms with Gasteiger partial charge in [-0.1, -0.05) is 0 Å². The molecule has 0 spiro atoms. The summed E-state index contributed by atoms with van der Waals surface area (Å²) in [5, 5.41) is 0. The second-order valence-corrected chi connectivity index (χ2v) is 5.65. The van der Waals surface area contributed by atoms with Crippen LogP contribution < -0.4 is 5.73 Å². The second kappa shape index (κ2) is 4.60. The monoisotopic (exact) mass is 244 g/mol. The second-order valence-electron chi connectivity index (χ2n) is 3.63. The number of benzene rings is 1. The Morgan fingerprint density at radius 1 is 1.12 bits per heavy atom. The van der Waals surface area contributed by atoms with E-state index in [1.807, 2.05) is 0 Å². The lowest BCUT2D eigenvalue weighted by Crippen LogP contribution is -2.38. The molecule has 0 bridgehead atoms. The van der Waals surface area contributed by atoms with Crippen molar-refractivity contribution in [2.45, 2.75) is 4.90 Å². The first-order valence-electron chi connectivity index (χ1n) is 5.07. The smallest absolute Gasteiger partial charge is 0.0754 e. The van der Waals surface area contributed by atoms with Crippen molar-refractivity contribution in [1.29, 1.82) is 0 Å². The zero-order valence-corrected chi connectivity index (χ0v) is 9.69. The lowest BCUT2D eigenvalue weighted by molar-refractivity contribution is 0.0685. The predicted molar refractivity (Wildman–Crippen MR) is 64.4 cm³/mol. The summed E-state index contributed by atoms with van der Waals surface area (Å²) in [4.78, 5) is 0.503. The zero-order chi connectivity index (χ0) is 11.6. The lowest BCUT2D eigenvalue weighted by Gasteiger charge is -2.44. The molecule has 90 valence electrons. The van der Waals surface area contributed by atoms with E-state index in [2.05, 4.69) is 0 Å². The van der Waals surface area contributed by atoms with Gasteiger partial charge in [0.05, 0.1) is 18.1 Å². The van der Waals surface area contributed by atoms with E-state index in [0.29, 0.717) is 36.9 Å². The Morgan fingerprint density at radius 3 is 2.25 bits per heavy atom. The first-order valence-corrected chi connectivity index (χ1v) is 6.58. The minimum absolute atomic E-state index is 0.503. The van der Waals surface area contributed by atoms with Crippen molar-refractivity contribution in [1.82, 2.24) is 4.31 Å². The summed E-state index contributed by atoms with van der Waals surface area (Å²) in [6.07, 6.45) is 0. The summed E-state index contributed by atoms with van der Waals surface area (Å²) in [5.41, 5.74) is 6.17. The van der Waals surface area contributed by atoms with Crippen LogP contribution in [0.2, 0.25) is 0 Å². The number of nitrogens with two attached hydrogens (primary N) is 1. The van der Waals surface area contributed by atoms with E-state index in [4.69, 9.17) is 10.5 Å². The summed E-state index contributed by atoms with van der Waals surface area (Å²) in [6.45, 7) is 2.13. The first kappa shape index (κ1) is 11.7. The molecule has 4 N–H and O–H groups in total. The highest BCUT2D eigenvalue weighted by atomic mass is 32.3. The standard InChI is InChI=1S/C10H16N2O3S/c11-9-1-3-10(4-2-9)16(13,14)12-5-7-15-8-6-12/h1-4,13-14H,5-8,11H2. The van der Waals surface area contributed by atoms with Crippen LogP contribution in [0.25, 0.3) is 0 Å². The molecular formula is C10H16N2O3S. The van der Waals surface area contributed by atoms with Gasteiger partial charge in [-0.15, -0.1) is 10.8 Å². The van der Waals surface area contributed by atoms with E-state index in [1.165, 1.54) is 0 Å². The van der Waals surface area contributed by atoms with Crippen molar-refractivity contribution in [3.8, 4) is 0 Å². The molecule has 16 heavy (non-hydrogen) atoms. The van der Waals surface area contributed by atoms with Gasteiger partial charge >= 0.3 is 0 Å². The molecule has 0 saturated carbocycles. The van der Waals surface area contributed by atoms with Crippen LogP contribution in [0, 0.1) is 0 Å². The normalized spacial score (nSPS) is 19.6. The van der Waals surface area contributed by atoms with Gasteiger partial charge in [0.15, 0.2) is 0 Å². The largest absolute Gasteiger partial charge is 0.399 e. The molecule has 0 aromatic heterocycles. The number of morpholine rings is 1. The zero-order valence-electron chi connectivity index (χ0n) is 8.87. The van der Waals surface area contributed by atoms with Crippen LogP contribution in [0.3, 0.4) is 0 Å². The third-order valence-corrected chi connectivity index (χ3v) is 4.52. The fourth-order valence-corrected chi connectivity index (χ4v) is 3.06. The highest BCUT2D eigenvalue weighted by molar-refractivity contribution is 8.22. The van der Waals surface area contributed by atoms with Crippen molar-refractivity contribution >= 4 is 16.5 Å². The molecule has 0 radical (unpaired) electrons. The molecule has 1 aliphatic rings. The molecule has 0 aliphatic carbocycles. The van der Waals surface area contributed by atoms with E-state index in [-0.39, 0.29) is 0 Å². The summed E-state index contributed by atoms with van der Waals surface area (Å²) < 4.78 is 27.2. The van der Waals surface area contributed by atoms with Gasteiger partial charge in [0.2, 0.25) is 0 Å². The Hall–Kier alpha value is -0.790. The number of nitrogen functional groups attached to an aromatic ring is 1. The van der Waals surface area contributed by atoms with Crippen LogP contribution in [0.4, 0.5) is 5.69 Å². The van der Waals surface area contributed by atoms with Crippen LogP contribution >= 0.6 is 10.8 Å². The van der Waals surface area contributed by atoms with E-state index in [1.54, 1.807) is 28.6 Å². The minimum atomic E-state index is -2.88. The van der Waals surface area contributed by atoms with E-state index in [9.17, 15) is 9.11 Å². The van der Waals surface area contributed by atoms with Crippen LogP contribution in [-0.2, 0) is 4.74 Å². The highest BCUT2D eigenvalue weighted by Crippen LogP contribution is 2.51. The van der Waals surface area contributed by atoms with Crippen LogP contribution in [0.15, 0.2) is 29.2 Å². The molecule has 6 heteroatoms. The fourth-order valence-electron chi connectivity index (χ4n) is 1.60. The van der Waals surface area contributed by atoms with Crippen LogP contribution in [0.5, 0.6) is 0 Å². The number of ether oxygens (including phenoxy) is 1. The average molecular weight is 244 g/mol. The molecule has 0 atom stereocenters. The Morgan fingerprint density at radius 2 is 1.69 bits per heavy atom. The summed E-state index contributed by atoms with van der Waals surface area (Å²) in [5.74, 6) is 0. The predicted octanol–water partition coefficient (Wildman–Crippen LogP) is 1.63. The van der Waals surface area contributed by atoms with Crippen LogP contribution in [-0.4, -0.2) is 39.7 Å². The summed E-state index contributed by atoms with van der Waals surface area (Å²) in [7, 11) is -2.88. The van der Waals surface area contributed by atoms with Gasteiger partial charge < -0.3 is 10.5 Å². The summed E-state index contributed by atoms with van der Waals surface area (Å²) in [6, 6.07) is 6.65. The van der Waals surface area contributed by atoms with E-state index < -0.39 is 10.8 Å². The first-order chi connectivity index (χ1) is 7.60. The van der Waals surface area contributed by atoms with Crippen LogP contribution in [0.1, 0.15) is 0 Å². The molecule has 1 saturated heterocycles. The molecule has 1 aromatic carbocycles. The van der Waals surface area contributed by atoms with Gasteiger partial charge in [-0.05, 0) is 24.3 Å². The van der Waals surface area contributed by atoms with Gasteiger partial charge in [0.1, 0.15) is 0 Å². The number of anilines is 1. The quantitative estimate of drug-likeness (QED) is 0.689. The molecule has 0 unspecified atom stereocenters. The molecule has 1 heterocycles. The molecule has 2 rings (SSSR count). The topological polar surface area (TPSA) is 79.0 Å². The van der Waals surface area contributed by atoms with Crippen molar-refractivity contribution < 1.29 is 13.8 Å². The number of nitrogens with zero attached hydrogens (tertiary/aromatic N) is 1. The molecule has 1 aromatic rings.